The van der Waals surface area contributed by atoms with Gasteiger partial charge in [0.15, 0.2) is 0 Å². The lowest BCUT2D eigenvalue weighted by Gasteiger charge is -2.06. The van der Waals surface area contributed by atoms with Crippen molar-refractivity contribution in [3.8, 4) is 17.0 Å². The number of fused-ring (bicyclic) bond motifs is 1. The van der Waals surface area contributed by atoms with Crippen LogP contribution in [0.3, 0.4) is 0 Å². The molecular weight excluding hydrogens is 222 g/mol. The zero-order valence-corrected chi connectivity index (χ0v) is 10.1. The standard InChI is InChI=1S/C16H13NO/c1-18-15-9-5-8-13-10-11-14(17-16(13)15)12-6-3-2-4-7-12/h2-11H,1H3. The van der Waals surface area contributed by atoms with Crippen molar-refractivity contribution in [2.45, 2.75) is 0 Å². The first-order chi connectivity index (χ1) is 8.88. The van der Waals surface area contributed by atoms with Crippen LogP contribution in [-0.4, -0.2) is 12.1 Å². The van der Waals surface area contributed by atoms with Crippen LogP contribution >= 0.6 is 0 Å². The minimum absolute atomic E-state index is 0.810. The Morgan fingerprint density at radius 1 is 0.833 bits per heavy atom. The van der Waals surface area contributed by atoms with Gasteiger partial charge in [-0.3, -0.25) is 0 Å². The van der Waals surface area contributed by atoms with E-state index in [4.69, 9.17) is 9.72 Å². The van der Waals surface area contributed by atoms with Gasteiger partial charge >= 0.3 is 0 Å². The van der Waals surface area contributed by atoms with E-state index in [1.807, 2.05) is 42.5 Å². The number of pyridine rings is 1. The molecule has 0 saturated carbocycles. The average Bonchev–Trinajstić information content (AvgIpc) is 2.47. The summed E-state index contributed by atoms with van der Waals surface area (Å²) >= 11 is 0. The molecule has 2 nitrogen and oxygen atoms in total. The fourth-order valence-electron chi connectivity index (χ4n) is 2.05. The average molecular weight is 235 g/mol. The molecule has 3 rings (SSSR count). The highest BCUT2D eigenvalue weighted by Crippen LogP contribution is 2.26. The highest BCUT2D eigenvalue weighted by Gasteiger charge is 2.05. The molecule has 0 unspecified atom stereocenters. The molecule has 0 N–H and O–H groups in total. The van der Waals surface area contributed by atoms with E-state index in [2.05, 4.69) is 18.2 Å². The van der Waals surface area contributed by atoms with Crippen LogP contribution in [0.4, 0.5) is 0 Å². The molecule has 18 heavy (non-hydrogen) atoms. The van der Waals surface area contributed by atoms with Crippen LogP contribution in [0, 0.1) is 0 Å². The molecule has 0 saturated heterocycles. The van der Waals surface area contributed by atoms with Crippen molar-refractivity contribution in [3.63, 3.8) is 0 Å². The van der Waals surface area contributed by atoms with Crippen LogP contribution in [0.1, 0.15) is 0 Å². The molecule has 3 aromatic rings. The first-order valence-corrected chi connectivity index (χ1v) is 5.87. The van der Waals surface area contributed by atoms with Crippen molar-refractivity contribution < 1.29 is 4.74 Å². The maximum atomic E-state index is 5.36. The number of nitrogens with zero attached hydrogens (tertiary/aromatic N) is 1. The van der Waals surface area contributed by atoms with E-state index < -0.39 is 0 Å². The summed E-state index contributed by atoms with van der Waals surface area (Å²) in [4.78, 5) is 4.69. The fourth-order valence-corrected chi connectivity index (χ4v) is 2.05. The number of para-hydroxylation sites is 1. The molecule has 0 bridgehead atoms. The van der Waals surface area contributed by atoms with Crippen molar-refractivity contribution >= 4 is 10.9 Å². The van der Waals surface area contributed by atoms with E-state index in [0.29, 0.717) is 0 Å². The Hall–Kier alpha value is -2.35. The van der Waals surface area contributed by atoms with Gasteiger partial charge in [0.25, 0.3) is 0 Å². The van der Waals surface area contributed by atoms with Crippen molar-refractivity contribution in [2.75, 3.05) is 7.11 Å². The van der Waals surface area contributed by atoms with Gasteiger partial charge < -0.3 is 4.74 Å². The molecule has 0 radical (unpaired) electrons. The summed E-state index contributed by atoms with van der Waals surface area (Å²) in [6.07, 6.45) is 0. The maximum Gasteiger partial charge on any atom is 0.145 e. The summed E-state index contributed by atoms with van der Waals surface area (Å²) in [6, 6.07) is 20.2. The van der Waals surface area contributed by atoms with Crippen molar-refractivity contribution in [1.82, 2.24) is 4.98 Å². The van der Waals surface area contributed by atoms with Crippen LogP contribution in [0.5, 0.6) is 5.75 Å². The van der Waals surface area contributed by atoms with Gasteiger partial charge in [-0.05, 0) is 12.1 Å². The van der Waals surface area contributed by atoms with Crippen molar-refractivity contribution in [1.29, 1.82) is 0 Å². The van der Waals surface area contributed by atoms with Crippen LogP contribution in [0.15, 0.2) is 60.7 Å². The smallest absolute Gasteiger partial charge is 0.145 e. The Bertz CT molecular complexity index is 677. The van der Waals surface area contributed by atoms with E-state index in [9.17, 15) is 0 Å². The maximum absolute atomic E-state index is 5.36. The van der Waals surface area contributed by atoms with Gasteiger partial charge in [-0.25, -0.2) is 4.98 Å². The fraction of sp³-hybridized carbons (Fsp3) is 0.0625. The number of benzene rings is 2. The minimum atomic E-state index is 0.810. The molecule has 2 heteroatoms. The molecule has 0 amide bonds. The van der Waals surface area contributed by atoms with Gasteiger partial charge in [0, 0.05) is 10.9 Å². The van der Waals surface area contributed by atoms with Crippen LogP contribution in [0.25, 0.3) is 22.2 Å². The Morgan fingerprint density at radius 2 is 1.67 bits per heavy atom. The number of ether oxygens (including phenoxy) is 1. The minimum Gasteiger partial charge on any atom is -0.494 e. The summed E-state index contributed by atoms with van der Waals surface area (Å²) in [7, 11) is 1.67. The first-order valence-electron chi connectivity index (χ1n) is 5.87. The zero-order chi connectivity index (χ0) is 12.4. The molecule has 0 atom stereocenters. The van der Waals surface area contributed by atoms with Crippen LogP contribution in [-0.2, 0) is 0 Å². The van der Waals surface area contributed by atoms with Crippen LogP contribution < -0.4 is 4.74 Å². The molecule has 1 heterocycles. The summed E-state index contributed by atoms with van der Waals surface area (Å²) in [5.41, 5.74) is 2.99. The van der Waals surface area contributed by atoms with E-state index in [0.717, 1.165) is 27.9 Å². The number of hydrogen-bond acceptors (Lipinski definition) is 2. The predicted octanol–water partition coefficient (Wildman–Crippen LogP) is 3.91. The van der Waals surface area contributed by atoms with E-state index in [-0.39, 0.29) is 0 Å². The molecule has 0 fully saturated rings. The third kappa shape index (κ3) is 1.82. The normalized spacial score (nSPS) is 10.5. The van der Waals surface area contributed by atoms with E-state index in [1.54, 1.807) is 7.11 Å². The van der Waals surface area contributed by atoms with Gasteiger partial charge in [0.1, 0.15) is 11.3 Å². The number of hydrogen-bond donors (Lipinski definition) is 0. The SMILES string of the molecule is COc1cccc2ccc(-c3ccccc3)nc12. The Morgan fingerprint density at radius 3 is 2.44 bits per heavy atom. The third-order valence-corrected chi connectivity index (χ3v) is 2.97. The van der Waals surface area contributed by atoms with Gasteiger partial charge in [-0.2, -0.15) is 0 Å². The topological polar surface area (TPSA) is 22.1 Å². The number of aromatic nitrogens is 1. The second-order valence-electron chi connectivity index (χ2n) is 4.09. The second-order valence-corrected chi connectivity index (χ2v) is 4.09. The molecular formula is C16H13NO. The number of rotatable bonds is 2. The quantitative estimate of drug-likeness (QED) is 0.671. The lowest BCUT2D eigenvalue weighted by Crippen LogP contribution is -1.89. The third-order valence-electron chi connectivity index (χ3n) is 2.97. The monoisotopic (exact) mass is 235 g/mol. The van der Waals surface area contributed by atoms with Gasteiger partial charge in [-0.15, -0.1) is 0 Å². The Labute approximate surface area is 106 Å². The molecule has 2 aromatic carbocycles. The highest BCUT2D eigenvalue weighted by atomic mass is 16.5. The predicted molar refractivity (Wildman–Crippen MR) is 73.7 cm³/mol. The summed E-state index contributed by atoms with van der Waals surface area (Å²) < 4.78 is 5.36. The molecule has 1 aromatic heterocycles. The van der Waals surface area contributed by atoms with E-state index >= 15 is 0 Å². The molecule has 0 spiro atoms. The largest absolute Gasteiger partial charge is 0.494 e. The van der Waals surface area contributed by atoms with Crippen molar-refractivity contribution in [3.05, 3.63) is 60.7 Å². The summed E-state index contributed by atoms with van der Waals surface area (Å²) in [6.45, 7) is 0. The molecule has 0 aliphatic heterocycles. The van der Waals surface area contributed by atoms with Crippen molar-refractivity contribution in [2.24, 2.45) is 0 Å². The number of methoxy groups -OCH3 is 1. The summed E-state index contributed by atoms with van der Waals surface area (Å²) in [5.74, 6) is 0.810. The molecule has 88 valence electrons. The van der Waals surface area contributed by atoms with Gasteiger partial charge in [0.05, 0.1) is 12.8 Å². The molecule has 0 aliphatic carbocycles. The lowest BCUT2D eigenvalue weighted by atomic mass is 10.1. The summed E-state index contributed by atoms with van der Waals surface area (Å²) in [5, 5.41) is 1.09. The van der Waals surface area contributed by atoms with Crippen LogP contribution in [0.2, 0.25) is 0 Å². The second kappa shape index (κ2) is 4.49. The first kappa shape index (κ1) is 10.8. The highest BCUT2D eigenvalue weighted by molar-refractivity contribution is 5.86. The Balaban J connectivity index is 2.22. The Kier molecular flexibility index (Phi) is 2.69. The lowest BCUT2D eigenvalue weighted by molar-refractivity contribution is 0.419. The van der Waals surface area contributed by atoms with E-state index in [1.165, 1.54) is 0 Å². The van der Waals surface area contributed by atoms with Gasteiger partial charge in [0.2, 0.25) is 0 Å². The zero-order valence-electron chi connectivity index (χ0n) is 10.1. The van der Waals surface area contributed by atoms with Gasteiger partial charge in [-0.1, -0.05) is 48.5 Å². The molecule has 0 aliphatic rings.